The number of aromatic nitrogens is 1. The molecule has 100 valence electrons. The number of hydrogen-bond acceptors (Lipinski definition) is 5. The molecule has 0 amide bonds. The fraction of sp³-hybridized carbons (Fsp3) is 0.0714. The molecular formula is C14H11N3O3. The Labute approximate surface area is 115 Å². The van der Waals surface area contributed by atoms with Gasteiger partial charge in [0.15, 0.2) is 0 Å². The van der Waals surface area contributed by atoms with Gasteiger partial charge in [-0.2, -0.15) is 0 Å². The van der Waals surface area contributed by atoms with Gasteiger partial charge in [0.2, 0.25) is 5.84 Å². The molecule has 0 saturated heterocycles. The first-order valence-corrected chi connectivity index (χ1v) is 5.75. The number of amidine groups is 1. The van der Waals surface area contributed by atoms with Crippen LogP contribution in [0, 0.1) is 4.91 Å². The highest BCUT2D eigenvalue weighted by Gasteiger charge is 2.08. The number of benzene rings is 1. The molecule has 0 unspecified atom stereocenters. The van der Waals surface area contributed by atoms with E-state index in [9.17, 15) is 9.70 Å². The van der Waals surface area contributed by atoms with E-state index in [0.29, 0.717) is 16.8 Å². The van der Waals surface area contributed by atoms with Crippen LogP contribution in [-0.2, 0) is 4.74 Å². The Morgan fingerprint density at radius 1 is 1.15 bits per heavy atom. The molecule has 2 aromatic rings. The van der Waals surface area contributed by atoms with Crippen molar-refractivity contribution in [2.75, 3.05) is 7.11 Å². The van der Waals surface area contributed by atoms with Crippen molar-refractivity contribution in [3.05, 3.63) is 64.8 Å². The lowest BCUT2D eigenvalue weighted by Gasteiger charge is -2.01. The number of carbonyl (C=O) groups excluding carboxylic acids is 1. The summed E-state index contributed by atoms with van der Waals surface area (Å²) in [5, 5.41) is 2.90. The van der Waals surface area contributed by atoms with Crippen LogP contribution in [0.3, 0.4) is 0 Å². The zero-order chi connectivity index (χ0) is 14.4. The molecule has 0 aliphatic carbocycles. The molecule has 0 bridgehead atoms. The van der Waals surface area contributed by atoms with Crippen molar-refractivity contribution < 1.29 is 9.53 Å². The minimum atomic E-state index is -0.443. The molecule has 0 N–H and O–H groups in total. The number of esters is 1. The van der Waals surface area contributed by atoms with E-state index in [4.69, 9.17) is 0 Å². The molecule has 1 aromatic heterocycles. The Morgan fingerprint density at radius 3 is 2.40 bits per heavy atom. The molecular weight excluding hydrogens is 258 g/mol. The Bertz CT molecular complexity index is 636. The lowest BCUT2D eigenvalue weighted by molar-refractivity contribution is 0.0600. The highest BCUT2D eigenvalue weighted by molar-refractivity contribution is 6.01. The molecule has 20 heavy (non-hydrogen) atoms. The number of nitrogens with zero attached hydrogens (tertiary/aromatic N) is 3. The van der Waals surface area contributed by atoms with E-state index in [1.807, 2.05) is 0 Å². The van der Waals surface area contributed by atoms with Gasteiger partial charge in [0.25, 0.3) is 0 Å². The number of aliphatic imine (C=N–C) groups is 1. The van der Waals surface area contributed by atoms with Gasteiger partial charge < -0.3 is 4.74 Å². The summed E-state index contributed by atoms with van der Waals surface area (Å²) in [6.45, 7) is 0. The first kappa shape index (κ1) is 13.5. The average Bonchev–Trinajstić information content (AvgIpc) is 2.53. The summed E-state index contributed by atoms with van der Waals surface area (Å²) in [7, 11) is 1.30. The fourth-order valence-electron chi connectivity index (χ4n) is 1.55. The lowest BCUT2D eigenvalue weighted by Crippen LogP contribution is -2.02. The van der Waals surface area contributed by atoms with Crippen LogP contribution in [0.5, 0.6) is 0 Å². The van der Waals surface area contributed by atoms with Crippen LogP contribution in [0.4, 0.5) is 5.69 Å². The summed E-state index contributed by atoms with van der Waals surface area (Å²) in [4.78, 5) is 30.2. The first-order chi connectivity index (χ1) is 9.74. The van der Waals surface area contributed by atoms with E-state index in [0.717, 1.165) is 0 Å². The standard InChI is InChI=1S/C14H11N3O3/c1-20-14(18)11-6-4-10(5-7-11)13(17-19)16-12-3-2-8-15-9-12/h2-9H,1H3. The van der Waals surface area contributed by atoms with Crippen molar-refractivity contribution in [1.29, 1.82) is 0 Å². The van der Waals surface area contributed by atoms with Crippen molar-refractivity contribution in [2.24, 2.45) is 10.2 Å². The van der Waals surface area contributed by atoms with Crippen LogP contribution in [-0.4, -0.2) is 23.9 Å². The lowest BCUT2D eigenvalue weighted by atomic mass is 10.1. The predicted molar refractivity (Wildman–Crippen MR) is 74.0 cm³/mol. The summed E-state index contributed by atoms with van der Waals surface area (Å²) in [6, 6.07) is 9.69. The van der Waals surface area contributed by atoms with Gasteiger partial charge in [0.05, 0.1) is 24.6 Å². The third-order valence-corrected chi connectivity index (χ3v) is 2.53. The molecule has 0 fully saturated rings. The van der Waals surface area contributed by atoms with Crippen molar-refractivity contribution in [3.63, 3.8) is 0 Å². The van der Waals surface area contributed by atoms with Gasteiger partial charge in [-0.15, -0.1) is 4.91 Å². The number of rotatable bonds is 3. The minimum Gasteiger partial charge on any atom is -0.465 e. The monoisotopic (exact) mass is 269 g/mol. The summed E-state index contributed by atoms with van der Waals surface area (Å²) in [6.07, 6.45) is 3.13. The molecule has 6 nitrogen and oxygen atoms in total. The fourth-order valence-corrected chi connectivity index (χ4v) is 1.55. The summed E-state index contributed by atoms with van der Waals surface area (Å²) >= 11 is 0. The van der Waals surface area contributed by atoms with Crippen molar-refractivity contribution >= 4 is 17.5 Å². The van der Waals surface area contributed by atoms with Crippen molar-refractivity contribution in [1.82, 2.24) is 4.98 Å². The third kappa shape index (κ3) is 3.11. The summed E-state index contributed by atoms with van der Waals surface area (Å²) < 4.78 is 4.60. The van der Waals surface area contributed by atoms with Gasteiger partial charge in [0.1, 0.15) is 0 Å². The number of pyridine rings is 1. The quantitative estimate of drug-likeness (QED) is 0.371. The van der Waals surface area contributed by atoms with E-state index >= 15 is 0 Å². The van der Waals surface area contributed by atoms with Crippen LogP contribution in [0.15, 0.2) is 59.0 Å². The van der Waals surface area contributed by atoms with Gasteiger partial charge in [-0.3, -0.25) is 4.98 Å². The number of methoxy groups -OCH3 is 1. The van der Waals surface area contributed by atoms with E-state index in [1.54, 1.807) is 42.6 Å². The van der Waals surface area contributed by atoms with E-state index in [1.165, 1.54) is 13.3 Å². The largest absolute Gasteiger partial charge is 0.465 e. The van der Waals surface area contributed by atoms with Gasteiger partial charge in [0, 0.05) is 11.8 Å². The zero-order valence-electron chi connectivity index (χ0n) is 10.7. The third-order valence-electron chi connectivity index (χ3n) is 2.53. The van der Waals surface area contributed by atoms with E-state index in [-0.39, 0.29) is 5.84 Å². The van der Waals surface area contributed by atoms with Crippen LogP contribution < -0.4 is 0 Å². The normalized spacial score (nSPS) is 10.9. The molecule has 1 aromatic carbocycles. The predicted octanol–water partition coefficient (Wildman–Crippen LogP) is 2.71. The van der Waals surface area contributed by atoms with Crippen LogP contribution >= 0.6 is 0 Å². The molecule has 0 radical (unpaired) electrons. The Kier molecular flexibility index (Phi) is 4.28. The maximum atomic E-state index is 11.3. The summed E-state index contributed by atoms with van der Waals surface area (Å²) in [5.74, 6) is -0.421. The molecule has 2 rings (SSSR count). The van der Waals surface area contributed by atoms with Crippen LogP contribution in [0.25, 0.3) is 0 Å². The second kappa shape index (κ2) is 6.33. The first-order valence-electron chi connectivity index (χ1n) is 5.75. The Morgan fingerprint density at radius 2 is 1.85 bits per heavy atom. The molecule has 0 atom stereocenters. The van der Waals surface area contributed by atoms with Crippen molar-refractivity contribution in [3.8, 4) is 0 Å². The van der Waals surface area contributed by atoms with Gasteiger partial charge in [-0.25, -0.2) is 9.79 Å². The maximum absolute atomic E-state index is 11.3. The van der Waals surface area contributed by atoms with Crippen LogP contribution in [0.1, 0.15) is 15.9 Å². The Balaban J connectivity index is 2.31. The number of carbonyl (C=O) groups is 1. The van der Waals surface area contributed by atoms with Crippen molar-refractivity contribution in [2.45, 2.75) is 0 Å². The number of hydrogen-bond donors (Lipinski definition) is 0. The second-order valence-corrected chi connectivity index (χ2v) is 3.81. The smallest absolute Gasteiger partial charge is 0.337 e. The molecule has 6 heteroatoms. The average molecular weight is 269 g/mol. The Hall–Kier alpha value is -2.89. The minimum absolute atomic E-state index is 0.0226. The number of ether oxygens (including phenoxy) is 1. The summed E-state index contributed by atoms with van der Waals surface area (Å²) in [5.41, 5.74) is 1.43. The maximum Gasteiger partial charge on any atom is 0.337 e. The number of nitroso groups, excluding NO2 is 1. The van der Waals surface area contributed by atoms with Crippen LogP contribution in [0.2, 0.25) is 0 Å². The van der Waals surface area contributed by atoms with Gasteiger partial charge >= 0.3 is 5.97 Å². The zero-order valence-corrected chi connectivity index (χ0v) is 10.7. The van der Waals surface area contributed by atoms with Gasteiger partial charge in [-0.1, -0.05) is 12.1 Å². The van der Waals surface area contributed by atoms with E-state index < -0.39 is 5.97 Å². The molecule has 0 aliphatic rings. The SMILES string of the molecule is COC(=O)c1ccc(C(N=O)=Nc2cccnc2)cc1. The highest BCUT2D eigenvalue weighted by Crippen LogP contribution is 2.13. The van der Waals surface area contributed by atoms with E-state index in [2.05, 4.69) is 19.9 Å². The molecule has 1 heterocycles. The topological polar surface area (TPSA) is 81.0 Å². The second-order valence-electron chi connectivity index (χ2n) is 3.81. The molecule has 0 saturated carbocycles. The van der Waals surface area contributed by atoms with Gasteiger partial charge in [-0.05, 0) is 29.4 Å². The molecule has 0 spiro atoms. The highest BCUT2D eigenvalue weighted by atomic mass is 16.5. The molecule has 0 aliphatic heterocycles.